The van der Waals surface area contributed by atoms with Gasteiger partial charge in [-0.3, -0.25) is 4.79 Å². The van der Waals surface area contributed by atoms with Crippen LogP contribution < -0.4 is 10.6 Å². The topological polar surface area (TPSA) is 69.9 Å². The fourth-order valence-electron chi connectivity index (χ4n) is 1.28. The van der Waals surface area contributed by atoms with Crippen LogP contribution in [0.1, 0.15) is 12.7 Å². The highest BCUT2D eigenvalue weighted by Gasteiger charge is 2.05. The van der Waals surface area contributed by atoms with E-state index >= 15 is 0 Å². The lowest BCUT2D eigenvalue weighted by Gasteiger charge is -2.13. The second-order valence-electron chi connectivity index (χ2n) is 4.70. The van der Waals surface area contributed by atoms with Crippen LogP contribution in [0.25, 0.3) is 0 Å². The Bertz CT molecular complexity index is 464. The van der Waals surface area contributed by atoms with Gasteiger partial charge in [0.15, 0.2) is 5.96 Å². The van der Waals surface area contributed by atoms with Crippen LogP contribution in [0.2, 0.25) is 0 Å². The van der Waals surface area contributed by atoms with E-state index in [1.807, 2.05) is 19.1 Å². The van der Waals surface area contributed by atoms with E-state index in [2.05, 4.69) is 22.2 Å². The maximum Gasteiger partial charge on any atom is 0.243 e. The van der Waals surface area contributed by atoms with Gasteiger partial charge in [0.2, 0.25) is 5.91 Å². The molecule has 1 aromatic heterocycles. The molecule has 0 aliphatic carbocycles. The first kappa shape index (κ1) is 15.8. The van der Waals surface area contributed by atoms with Crippen molar-refractivity contribution >= 4 is 11.9 Å². The fraction of sp³-hybridized carbons (Fsp3) is 0.429. The van der Waals surface area contributed by atoms with E-state index in [0.717, 1.165) is 11.3 Å². The molecule has 0 saturated carbocycles. The Morgan fingerprint density at radius 2 is 2.20 bits per heavy atom. The zero-order valence-electron chi connectivity index (χ0n) is 12.3. The number of carbonyl (C=O) groups is 1. The summed E-state index contributed by atoms with van der Waals surface area (Å²) >= 11 is 0. The molecule has 0 aliphatic rings. The molecule has 0 saturated heterocycles. The lowest BCUT2D eigenvalue weighted by atomic mass is 10.3. The molecule has 0 radical (unpaired) electrons. The Morgan fingerprint density at radius 1 is 1.45 bits per heavy atom. The minimum Gasteiger partial charge on any atom is -0.467 e. The molecule has 0 unspecified atom stereocenters. The highest BCUT2D eigenvalue weighted by atomic mass is 16.3. The molecule has 6 nitrogen and oxygen atoms in total. The first-order chi connectivity index (χ1) is 9.49. The molecule has 0 atom stereocenters. The van der Waals surface area contributed by atoms with E-state index in [1.54, 1.807) is 20.4 Å². The summed E-state index contributed by atoms with van der Waals surface area (Å²) in [5.74, 6) is 1.30. The number of rotatable bonds is 6. The molecule has 110 valence electrons. The molecular weight excluding hydrogens is 256 g/mol. The minimum atomic E-state index is -0.0561. The van der Waals surface area contributed by atoms with Crippen molar-refractivity contribution in [2.45, 2.75) is 13.5 Å². The van der Waals surface area contributed by atoms with Crippen molar-refractivity contribution in [1.82, 2.24) is 15.5 Å². The summed E-state index contributed by atoms with van der Waals surface area (Å²) in [5.41, 5.74) is 0.983. The third-order valence-corrected chi connectivity index (χ3v) is 2.44. The van der Waals surface area contributed by atoms with Crippen molar-refractivity contribution in [3.05, 3.63) is 36.3 Å². The summed E-state index contributed by atoms with van der Waals surface area (Å²) in [7, 11) is 3.41. The molecular formula is C14H22N4O2. The van der Waals surface area contributed by atoms with E-state index in [0.29, 0.717) is 19.0 Å². The van der Waals surface area contributed by atoms with Crippen molar-refractivity contribution in [1.29, 1.82) is 0 Å². The molecule has 2 N–H and O–H groups in total. The van der Waals surface area contributed by atoms with Crippen molar-refractivity contribution < 1.29 is 9.21 Å². The van der Waals surface area contributed by atoms with Gasteiger partial charge in [0.1, 0.15) is 12.3 Å². The number of guanidine groups is 1. The van der Waals surface area contributed by atoms with Crippen LogP contribution >= 0.6 is 0 Å². The van der Waals surface area contributed by atoms with E-state index in [-0.39, 0.29) is 12.5 Å². The average molecular weight is 278 g/mol. The smallest absolute Gasteiger partial charge is 0.243 e. The second-order valence-corrected chi connectivity index (χ2v) is 4.70. The summed E-state index contributed by atoms with van der Waals surface area (Å²) in [6.07, 6.45) is 1.62. The quantitative estimate of drug-likeness (QED) is 0.462. The Kier molecular flexibility index (Phi) is 6.36. The number of carbonyl (C=O) groups excluding carboxylic acids is 1. The molecule has 20 heavy (non-hydrogen) atoms. The van der Waals surface area contributed by atoms with Crippen molar-refractivity contribution in [3.8, 4) is 0 Å². The molecule has 0 aliphatic heterocycles. The largest absolute Gasteiger partial charge is 0.467 e. The molecule has 0 spiro atoms. The molecule has 0 aromatic carbocycles. The maximum absolute atomic E-state index is 11.5. The Hall–Kier alpha value is -2.24. The van der Waals surface area contributed by atoms with Crippen molar-refractivity contribution in [2.24, 2.45) is 4.99 Å². The highest BCUT2D eigenvalue weighted by molar-refractivity contribution is 5.84. The molecule has 1 rings (SSSR count). The van der Waals surface area contributed by atoms with Crippen LogP contribution in [0.5, 0.6) is 0 Å². The van der Waals surface area contributed by atoms with Crippen LogP contribution in [0.4, 0.5) is 0 Å². The van der Waals surface area contributed by atoms with E-state index in [9.17, 15) is 4.79 Å². The van der Waals surface area contributed by atoms with Gasteiger partial charge in [-0.15, -0.1) is 0 Å². The average Bonchev–Trinajstić information content (AvgIpc) is 2.90. The maximum atomic E-state index is 11.5. The zero-order valence-corrected chi connectivity index (χ0v) is 12.3. The molecule has 0 bridgehead atoms. The van der Waals surface area contributed by atoms with Crippen LogP contribution in [-0.4, -0.2) is 44.0 Å². The standard InChI is InChI=1S/C14H22N4O2/c1-11(2)8-15-14(17-10-13(19)18(3)4)16-9-12-6-5-7-20-12/h5-7H,1,8-10H2,2-4H3,(H2,15,16,17). The SMILES string of the molecule is C=C(C)CNC(=NCC(=O)N(C)C)NCc1ccco1. The van der Waals surface area contributed by atoms with Crippen LogP contribution in [-0.2, 0) is 11.3 Å². The van der Waals surface area contributed by atoms with Gasteiger partial charge in [-0.1, -0.05) is 12.2 Å². The number of nitrogens with one attached hydrogen (secondary N) is 2. The zero-order chi connectivity index (χ0) is 15.0. The Labute approximate surface area is 119 Å². The number of hydrogen-bond donors (Lipinski definition) is 2. The van der Waals surface area contributed by atoms with Crippen molar-refractivity contribution in [2.75, 3.05) is 27.2 Å². The van der Waals surface area contributed by atoms with E-state index in [4.69, 9.17) is 4.42 Å². The predicted molar refractivity (Wildman–Crippen MR) is 79.4 cm³/mol. The van der Waals surface area contributed by atoms with Gasteiger partial charge in [-0.25, -0.2) is 4.99 Å². The van der Waals surface area contributed by atoms with Crippen LogP contribution in [0, 0.1) is 0 Å². The van der Waals surface area contributed by atoms with E-state index < -0.39 is 0 Å². The molecule has 1 heterocycles. The molecule has 6 heteroatoms. The first-order valence-corrected chi connectivity index (χ1v) is 6.38. The number of likely N-dealkylation sites (N-methyl/N-ethyl adjacent to an activating group) is 1. The number of amides is 1. The Morgan fingerprint density at radius 3 is 2.75 bits per heavy atom. The number of furan rings is 1. The van der Waals surface area contributed by atoms with Crippen LogP contribution in [0.15, 0.2) is 40.0 Å². The molecule has 0 fully saturated rings. The third kappa shape index (κ3) is 6.08. The monoisotopic (exact) mass is 278 g/mol. The normalized spacial score (nSPS) is 11.1. The lowest BCUT2D eigenvalue weighted by molar-refractivity contribution is -0.127. The van der Waals surface area contributed by atoms with Gasteiger partial charge >= 0.3 is 0 Å². The number of aliphatic imine (C=N–C) groups is 1. The number of nitrogens with zero attached hydrogens (tertiary/aromatic N) is 2. The third-order valence-electron chi connectivity index (χ3n) is 2.44. The summed E-state index contributed by atoms with van der Waals surface area (Å²) in [6.45, 7) is 6.94. The van der Waals surface area contributed by atoms with Crippen LogP contribution in [0.3, 0.4) is 0 Å². The highest BCUT2D eigenvalue weighted by Crippen LogP contribution is 1.98. The molecule has 1 amide bonds. The Balaban J connectivity index is 2.56. The molecule has 1 aromatic rings. The van der Waals surface area contributed by atoms with Gasteiger partial charge in [0, 0.05) is 20.6 Å². The van der Waals surface area contributed by atoms with Gasteiger partial charge < -0.3 is 20.0 Å². The summed E-state index contributed by atoms with van der Waals surface area (Å²) in [5, 5.41) is 6.21. The van der Waals surface area contributed by atoms with Gasteiger partial charge in [-0.05, 0) is 19.1 Å². The van der Waals surface area contributed by atoms with Gasteiger partial charge in [0.05, 0.1) is 12.8 Å². The summed E-state index contributed by atoms with van der Waals surface area (Å²) in [4.78, 5) is 17.3. The minimum absolute atomic E-state index is 0.0561. The summed E-state index contributed by atoms with van der Waals surface area (Å²) < 4.78 is 5.24. The van der Waals surface area contributed by atoms with Crippen molar-refractivity contribution in [3.63, 3.8) is 0 Å². The fourth-order valence-corrected chi connectivity index (χ4v) is 1.28. The summed E-state index contributed by atoms with van der Waals surface area (Å²) in [6, 6.07) is 3.69. The first-order valence-electron chi connectivity index (χ1n) is 6.38. The van der Waals surface area contributed by atoms with E-state index in [1.165, 1.54) is 4.90 Å². The van der Waals surface area contributed by atoms with Gasteiger partial charge in [0.25, 0.3) is 0 Å². The second kappa shape index (κ2) is 8.04. The predicted octanol–water partition coefficient (Wildman–Crippen LogP) is 0.979. The lowest BCUT2D eigenvalue weighted by Crippen LogP contribution is -2.38. The number of hydrogen-bond acceptors (Lipinski definition) is 3. The van der Waals surface area contributed by atoms with Gasteiger partial charge in [-0.2, -0.15) is 0 Å².